The number of hydrogen-bond donors (Lipinski definition) is 8. The van der Waals surface area contributed by atoms with E-state index in [0.29, 0.717) is 86.7 Å². The standard InChI is InChI=1S/C24H21N5O3.C22H18N6O4.2C21H17N5O3.C19H16N4O3S/c1-15-13-21(29(28-15)20-11-5-10-18-17(20)9-6-12-26-18)24(32)27-19(22(30)23(25)31)14-16-7-3-2-4-8-16;23-20(30)19(29)16(10-14-4-2-1-3-5-14)27-21(31)17-12-24-13-28(17)18-7-6-15(11-26-18)22-25-8-9-32-22;27-13-17(10-15-4-2-1-3-5-15)25-20(28)18-12-22-14-26(18)19-11-16(6-7-23-19)21-24-8-9-29-21;27-13-17(10-15-4-2-1-3-5-15)25-20(28)18-12-22-14-26(18)19-7-6-16(11-24-19)21-23-8-9-29-21;20-18(25)16(24)14(10-12-6-2-1-3-7-12)23-19(26)17-15(22-11-27-17)13-8-4-5-9-21-13/h2-13,19H,14H2,1H3,(H2,25,31)(H,27,32);1-9,11-13,16H,10H2,(H2,23,30)(H,27,31);2*1-9,11-14,17H,10H2,(H,25,28);1-9,11,14H,10H2,(H2,20,25)(H,23,26). The number of hydrogen-bond acceptors (Lipinski definition) is 30. The summed E-state index contributed by atoms with van der Waals surface area (Å²) in [5, 5.41) is 18.7. The van der Waals surface area contributed by atoms with Crippen LogP contribution < -0.4 is 43.8 Å². The van der Waals surface area contributed by atoms with Gasteiger partial charge in [0.1, 0.15) is 119 Å². The van der Waals surface area contributed by atoms with Crippen LogP contribution in [0.5, 0.6) is 0 Å². The molecule has 41 nitrogen and oxygen atoms in total. The number of aromatic nitrogens is 17. The number of fused-ring (bicyclic) bond motifs is 1. The van der Waals surface area contributed by atoms with Crippen LogP contribution in [0.15, 0.2) is 367 Å². The molecule has 13 aromatic heterocycles. The van der Waals surface area contributed by atoms with Crippen molar-refractivity contribution >= 4 is 99.4 Å². The van der Waals surface area contributed by atoms with Crippen LogP contribution in [0.4, 0.5) is 0 Å². The predicted molar refractivity (Wildman–Crippen MR) is 541 cm³/mol. The van der Waals surface area contributed by atoms with E-state index in [-0.39, 0.29) is 42.0 Å². The zero-order valence-electron chi connectivity index (χ0n) is 78.8. The van der Waals surface area contributed by atoms with Crippen molar-refractivity contribution < 1.29 is 75.6 Å². The van der Waals surface area contributed by atoms with E-state index in [4.69, 9.17) is 30.5 Å². The summed E-state index contributed by atoms with van der Waals surface area (Å²) in [4.78, 5) is 209. The number of ketones is 3. The molecule has 19 rings (SSSR count). The second kappa shape index (κ2) is 50.3. The lowest BCUT2D eigenvalue weighted by Gasteiger charge is -2.17. The molecule has 19 aromatic rings. The van der Waals surface area contributed by atoms with Crippen molar-refractivity contribution in [2.75, 3.05) is 0 Å². The molecule has 744 valence electrons. The van der Waals surface area contributed by atoms with Crippen molar-refractivity contribution in [2.45, 2.75) is 69.2 Å². The molecule has 5 unspecified atom stereocenters. The molecule has 0 bridgehead atoms. The summed E-state index contributed by atoms with van der Waals surface area (Å²) in [6.07, 6.45) is 28.4. The van der Waals surface area contributed by atoms with E-state index in [1.54, 1.807) is 156 Å². The predicted octanol–water partition coefficient (Wildman–Crippen LogP) is 9.97. The van der Waals surface area contributed by atoms with Crippen molar-refractivity contribution in [2.24, 2.45) is 17.2 Å². The lowest BCUT2D eigenvalue weighted by molar-refractivity contribution is -0.137. The molecule has 13 heterocycles. The third kappa shape index (κ3) is 27.3. The minimum atomic E-state index is -1.12. The van der Waals surface area contributed by atoms with Gasteiger partial charge in [-0.05, 0) is 126 Å². The van der Waals surface area contributed by atoms with Crippen LogP contribution in [0.1, 0.15) is 85.1 Å². The Bertz CT molecular complexity index is 7830. The fourth-order valence-electron chi connectivity index (χ4n) is 15.1. The highest BCUT2D eigenvalue weighted by Crippen LogP contribution is 2.28. The summed E-state index contributed by atoms with van der Waals surface area (Å²) < 4.78 is 21.9. The van der Waals surface area contributed by atoms with E-state index in [2.05, 4.69) is 91.5 Å². The monoisotopic (exact) mass is 2010 g/mol. The Morgan fingerprint density at radius 1 is 0.356 bits per heavy atom. The molecule has 0 saturated carbocycles. The van der Waals surface area contributed by atoms with Gasteiger partial charge in [-0.1, -0.05) is 164 Å². The van der Waals surface area contributed by atoms with Crippen LogP contribution in [0.25, 0.3) is 79.8 Å². The first kappa shape index (κ1) is 103. The van der Waals surface area contributed by atoms with Gasteiger partial charge in [0.05, 0.1) is 88.5 Å². The zero-order valence-corrected chi connectivity index (χ0v) is 79.7. The molecular weight excluding hydrogens is 1920 g/mol. The maximum atomic E-state index is 13.2. The number of primary amides is 3. The fourth-order valence-corrected chi connectivity index (χ4v) is 15.8. The van der Waals surface area contributed by atoms with E-state index in [9.17, 15) is 62.3 Å². The van der Waals surface area contributed by atoms with E-state index < -0.39 is 94.8 Å². The zero-order chi connectivity index (χ0) is 104. The number of nitrogens with two attached hydrogens (primary N) is 3. The Morgan fingerprint density at radius 3 is 1.17 bits per heavy atom. The quantitative estimate of drug-likeness (QED) is 0.0134. The Hall–Kier alpha value is -20.5. The topological polar surface area (TPSA) is 587 Å². The lowest BCUT2D eigenvalue weighted by atomic mass is 10.0. The molecule has 149 heavy (non-hydrogen) atoms. The Balaban J connectivity index is 0.000000140. The van der Waals surface area contributed by atoms with Crippen LogP contribution in [-0.4, -0.2) is 191 Å². The molecule has 0 spiro atoms. The van der Waals surface area contributed by atoms with Crippen molar-refractivity contribution in [3.05, 3.63) is 415 Å². The fraction of sp³-hybridized carbons (Fsp3) is 0.103. The minimum absolute atomic E-state index is 0.117. The number of benzene rings is 6. The van der Waals surface area contributed by atoms with Crippen molar-refractivity contribution in [1.82, 2.24) is 110 Å². The number of carbonyl (C=O) groups excluding carboxylic acids is 13. The van der Waals surface area contributed by atoms with Crippen molar-refractivity contribution in [1.29, 1.82) is 0 Å². The number of rotatable bonds is 36. The number of amides is 8. The average molecular weight is 2010 g/mol. The summed E-state index contributed by atoms with van der Waals surface area (Å²) in [7, 11) is 0. The first-order valence-electron chi connectivity index (χ1n) is 45.6. The number of carbonyl (C=O) groups is 13. The van der Waals surface area contributed by atoms with Crippen LogP contribution in [-0.2, 0) is 70.5 Å². The van der Waals surface area contributed by atoms with E-state index in [1.165, 1.54) is 77.3 Å². The highest BCUT2D eigenvalue weighted by atomic mass is 32.1. The number of thiazole rings is 1. The van der Waals surface area contributed by atoms with Crippen LogP contribution in [0.3, 0.4) is 0 Å². The number of imidazole rings is 3. The van der Waals surface area contributed by atoms with E-state index in [1.807, 2.05) is 146 Å². The molecule has 8 amide bonds. The van der Waals surface area contributed by atoms with Crippen molar-refractivity contribution in [3.63, 3.8) is 0 Å². The van der Waals surface area contributed by atoms with E-state index in [0.717, 1.165) is 68.2 Å². The van der Waals surface area contributed by atoms with Crippen LogP contribution in [0.2, 0.25) is 0 Å². The van der Waals surface area contributed by atoms with Gasteiger partial charge >= 0.3 is 0 Å². The molecule has 0 fully saturated rings. The van der Waals surface area contributed by atoms with Gasteiger partial charge in [0.15, 0.2) is 0 Å². The molecule has 11 N–H and O–H groups in total. The molecule has 0 aliphatic carbocycles. The molecule has 5 atom stereocenters. The third-order valence-electron chi connectivity index (χ3n) is 22.2. The number of Topliss-reactive ketones (excluding diaryl/α,β-unsaturated/α-hetero) is 3. The van der Waals surface area contributed by atoms with Gasteiger partial charge in [-0.2, -0.15) is 5.10 Å². The SMILES string of the molecule is Cc1cc(C(=O)NC(Cc2ccccc2)C(=O)C(N)=O)n(-c2cccc3ncccc23)n1.NC(=O)C(=O)C(Cc1ccccc1)NC(=O)c1cncn1-c1ccc(-c2ncco2)cn1.NC(=O)C(=O)C(Cc1ccccc1)NC(=O)c1scnc1-c1ccccn1.O=CC(Cc1ccccc1)NC(=O)c1cncn1-c1cc(-c2ncco2)ccn1.O=CC(Cc1ccccc1)NC(=O)c1cncn1-c1ccc(-c2ncco2)cn1. The number of nitrogens with one attached hydrogen (secondary N) is 5. The normalized spacial score (nSPS) is 11.7. The summed E-state index contributed by atoms with van der Waals surface area (Å²) in [5.74, 6) is -5.65. The highest BCUT2D eigenvalue weighted by Gasteiger charge is 2.33. The van der Waals surface area contributed by atoms with Gasteiger partial charge in [-0.25, -0.2) is 54.5 Å². The lowest BCUT2D eigenvalue weighted by Crippen LogP contribution is -2.47. The first-order valence-corrected chi connectivity index (χ1v) is 46.5. The number of oxazole rings is 3. The molecule has 0 aliphatic rings. The Morgan fingerprint density at radius 2 is 0.765 bits per heavy atom. The maximum Gasteiger partial charge on any atom is 0.287 e. The van der Waals surface area contributed by atoms with Gasteiger partial charge < -0.3 is 66.6 Å². The maximum absolute atomic E-state index is 13.2. The Kier molecular flexibility index (Phi) is 34.7. The second-order valence-electron chi connectivity index (χ2n) is 32.5. The molecule has 0 saturated heterocycles. The summed E-state index contributed by atoms with van der Waals surface area (Å²) >= 11 is 1.13. The summed E-state index contributed by atoms with van der Waals surface area (Å²) in [5.41, 5.74) is 27.4. The highest BCUT2D eigenvalue weighted by molar-refractivity contribution is 7.12. The largest absolute Gasteiger partial charge is 0.445 e. The van der Waals surface area contributed by atoms with Gasteiger partial charge in [0.25, 0.3) is 47.3 Å². The average Bonchev–Trinajstić information content (AvgIpc) is 1.75. The molecule has 0 radical (unpaired) electrons. The van der Waals surface area contributed by atoms with Gasteiger partial charge in [0.2, 0.25) is 35.0 Å². The van der Waals surface area contributed by atoms with Crippen LogP contribution >= 0.6 is 11.3 Å². The number of aldehydes is 2. The molecule has 0 aliphatic heterocycles. The summed E-state index contributed by atoms with van der Waals surface area (Å²) in [6.45, 7) is 1.77. The molecule has 6 aromatic carbocycles. The third-order valence-corrected chi connectivity index (χ3v) is 23.1. The number of pyridine rings is 5. The first-order chi connectivity index (χ1) is 72.5. The van der Waals surface area contributed by atoms with Crippen LogP contribution in [0, 0.1) is 6.92 Å². The van der Waals surface area contributed by atoms with Gasteiger partial charge in [-0.15, -0.1) is 11.3 Å². The van der Waals surface area contributed by atoms with Gasteiger partial charge in [-0.3, -0.25) is 76.4 Å². The number of aryl methyl sites for hydroxylation is 1. The van der Waals surface area contributed by atoms with Gasteiger partial charge in [0, 0.05) is 61.2 Å². The molecule has 42 heteroatoms. The second-order valence-corrected chi connectivity index (χ2v) is 33.3. The van der Waals surface area contributed by atoms with Crippen molar-refractivity contribution in [3.8, 4) is 68.9 Å². The molecular formula is C107H89N25O16S. The van der Waals surface area contributed by atoms with E-state index >= 15 is 0 Å². The summed E-state index contributed by atoms with van der Waals surface area (Å²) in [6, 6.07) is 68.2. The number of nitrogens with zero attached hydrogens (tertiary/aromatic N) is 17. The minimum Gasteiger partial charge on any atom is -0.445 e. The Labute approximate surface area is 850 Å². The smallest absolute Gasteiger partial charge is 0.287 e.